The van der Waals surface area contributed by atoms with E-state index >= 15 is 0 Å². The number of guanidine groups is 1. The van der Waals surface area contributed by atoms with Crippen molar-refractivity contribution in [2.45, 2.75) is 25.6 Å². The number of hydrogen-bond donors (Lipinski definition) is 3. The normalized spacial score (nSPS) is 20.6. The van der Waals surface area contributed by atoms with Crippen LogP contribution in [0, 0.1) is 5.41 Å². The average Bonchev–Trinajstić information content (AvgIpc) is 3.09. The van der Waals surface area contributed by atoms with E-state index in [1.807, 2.05) is 0 Å². The maximum atomic E-state index is 12.3. The smallest absolute Gasteiger partial charge is 0.422 e. The lowest BCUT2D eigenvalue weighted by Gasteiger charge is -2.27. The Labute approximate surface area is 156 Å². The van der Waals surface area contributed by atoms with Gasteiger partial charge in [-0.05, 0) is 30.5 Å². The predicted octanol–water partition coefficient (Wildman–Crippen LogP) is 2.08. The van der Waals surface area contributed by atoms with E-state index in [9.17, 15) is 18.3 Å². The standard InChI is InChI=1S/C18H26F3N3O3/c1-22-16(24-11-17(5-7-25)6-8-26-12-17)23-10-14-3-2-4-15(9-14)27-13-18(19,20)21/h2-4,9,25H,5-8,10-13H2,1H3,(H2,22,23,24). The SMILES string of the molecule is CN=C(NCc1cccc(OCC(F)(F)F)c1)NCC1(CCO)CCOC1. The fourth-order valence-corrected chi connectivity index (χ4v) is 2.90. The second kappa shape index (κ2) is 9.80. The van der Waals surface area contributed by atoms with Gasteiger partial charge in [-0.15, -0.1) is 0 Å². The number of nitrogens with zero attached hydrogens (tertiary/aromatic N) is 1. The summed E-state index contributed by atoms with van der Waals surface area (Å²) >= 11 is 0. The van der Waals surface area contributed by atoms with Crippen LogP contribution >= 0.6 is 0 Å². The largest absolute Gasteiger partial charge is 0.484 e. The van der Waals surface area contributed by atoms with Gasteiger partial charge in [-0.2, -0.15) is 13.2 Å². The molecule has 0 aromatic heterocycles. The summed E-state index contributed by atoms with van der Waals surface area (Å²) in [4.78, 5) is 4.16. The van der Waals surface area contributed by atoms with E-state index in [-0.39, 0.29) is 17.8 Å². The third-order valence-corrected chi connectivity index (χ3v) is 4.44. The minimum absolute atomic E-state index is 0.0990. The van der Waals surface area contributed by atoms with Crippen LogP contribution in [-0.4, -0.2) is 57.3 Å². The molecule has 1 fully saturated rings. The Morgan fingerprint density at radius 3 is 2.81 bits per heavy atom. The molecule has 1 heterocycles. The highest BCUT2D eigenvalue weighted by molar-refractivity contribution is 5.79. The molecular formula is C18H26F3N3O3. The molecule has 152 valence electrons. The first-order valence-electron chi connectivity index (χ1n) is 8.77. The first kappa shape index (κ1) is 21.3. The van der Waals surface area contributed by atoms with Gasteiger partial charge in [0.1, 0.15) is 5.75 Å². The van der Waals surface area contributed by atoms with Crippen LogP contribution < -0.4 is 15.4 Å². The van der Waals surface area contributed by atoms with Gasteiger partial charge >= 0.3 is 6.18 Å². The summed E-state index contributed by atoms with van der Waals surface area (Å²) in [6.07, 6.45) is -2.85. The monoisotopic (exact) mass is 389 g/mol. The Bertz CT molecular complexity index is 617. The van der Waals surface area contributed by atoms with Crippen molar-refractivity contribution >= 4 is 5.96 Å². The molecule has 6 nitrogen and oxygen atoms in total. The number of benzene rings is 1. The fraction of sp³-hybridized carbons (Fsp3) is 0.611. The molecule has 1 atom stereocenters. The average molecular weight is 389 g/mol. The molecule has 0 aliphatic carbocycles. The first-order valence-corrected chi connectivity index (χ1v) is 8.77. The number of aliphatic hydroxyl groups excluding tert-OH is 1. The van der Waals surface area contributed by atoms with Crippen LogP contribution in [0.4, 0.5) is 13.2 Å². The topological polar surface area (TPSA) is 75.1 Å². The Hall–Kier alpha value is -2.00. The van der Waals surface area contributed by atoms with Crippen molar-refractivity contribution in [3.8, 4) is 5.75 Å². The van der Waals surface area contributed by atoms with Crippen LogP contribution in [0.15, 0.2) is 29.3 Å². The van der Waals surface area contributed by atoms with E-state index in [0.29, 0.717) is 38.7 Å². The number of nitrogens with one attached hydrogen (secondary N) is 2. The third-order valence-electron chi connectivity index (χ3n) is 4.44. The van der Waals surface area contributed by atoms with Gasteiger partial charge < -0.3 is 25.2 Å². The molecule has 1 saturated heterocycles. The Kier molecular flexibility index (Phi) is 7.73. The van der Waals surface area contributed by atoms with E-state index in [1.54, 1.807) is 25.2 Å². The van der Waals surface area contributed by atoms with E-state index in [1.165, 1.54) is 6.07 Å². The third kappa shape index (κ3) is 7.26. The van der Waals surface area contributed by atoms with Gasteiger partial charge in [-0.1, -0.05) is 12.1 Å². The van der Waals surface area contributed by atoms with Crippen molar-refractivity contribution in [3.05, 3.63) is 29.8 Å². The lowest BCUT2D eigenvalue weighted by molar-refractivity contribution is -0.153. The van der Waals surface area contributed by atoms with Crippen molar-refractivity contribution in [1.29, 1.82) is 0 Å². The second-order valence-corrected chi connectivity index (χ2v) is 6.61. The fourth-order valence-electron chi connectivity index (χ4n) is 2.90. The molecule has 0 bridgehead atoms. The lowest BCUT2D eigenvalue weighted by atomic mass is 9.84. The summed E-state index contributed by atoms with van der Waals surface area (Å²) in [5.74, 6) is 0.736. The van der Waals surface area contributed by atoms with E-state index in [4.69, 9.17) is 9.47 Å². The highest BCUT2D eigenvalue weighted by Gasteiger charge is 2.34. The highest BCUT2D eigenvalue weighted by atomic mass is 19.4. The number of halogens is 3. The molecule has 0 spiro atoms. The van der Waals surface area contributed by atoms with Crippen LogP contribution in [0.5, 0.6) is 5.75 Å². The summed E-state index contributed by atoms with van der Waals surface area (Å²) in [7, 11) is 1.64. The van der Waals surface area contributed by atoms with Gasteiger partial charge in [-0.25, -0.2) is 0 Å². The molecule has 1 aromatic carbocycles. The maximum absolute atomic E-state index is 12.3. The van der Waals surface area contributed by atoms with Gasteiger partial charge in [-0.3, -0.25) is 4.99 Å². The molecule has 0 saturated carbocycles. The van der Waals surface area contributed by atoms with Crippen molar-refractivity contribution in [3.63, 3.8) is 0 Å². The molecular weight excluding hydrogens is 363 g/mol. The zero-order chi connectivity index (χ0) is 19.8. The van der Waals surface area contributed by atoms with Gasteiger partial charge in [0.15, 0.2) is 12.6 Å². The van der Waals surface area contributed by atoms with Gasteiger partial charge in [0.05, 0.1) is 6.61 Å². The first-order chi connectivity index (χ1) is 12.9. The Balaban J connectivity index is 1.85. The molecule has 1 aliphatic heterocycles. The van der Waals surface area contributed by atoms with E-state index < -0.39 is 12.8 Å². The van der Waals surface area contributed by atoms with Crippen LogP contribution in [0.2, 0.25) is 0 Å². The minimum Gasteiger partial charge on any atom is -0.484 e. The molecule has 1 aromatic rings. The number of alkyl halides is 3. The van der Waals surface area contributed by atoms with Gasteiger partial charge in [0.2, 0.25) is 0 Å². The maximum Gasteiger partial charge on any atom is 0.422 e. The van der Waals surface area contributed by atoms with E-state index in [0.717, 1.165) is 12.0 Å². The number of aliphatic imine (C=N–C) groups is 1. The number of ether oxygens (including phenoxy) is 2. The summed E-state index contributed by atoms with van der Waals surface area (Å²) in [5, 5.41) is 15.6. The van der Waals surface area contributed by atoms with Gasteiger partial charge in [0, 0.05) is 38.8 Å². The zero-order valence-corrected chi connectivity index (χ0v) is 15.3. The van der Waals surface area contributed by atoms with Gasteiger partial charge in [0.25, 0.3) is 0 Å². The minimum atomic E-state index is -4.37. The molecule has 2 rings (SSSR count). The molecule has 0 amide bonds. The number of rotatable bonds is 8. The summed E-state index contributed by atoms with van der Waals surface area (Å²) in [6, 6.07) is 6.48. The molecule has 27 heavy (non-hydrogen) atoms. The predicted molar refractivity (Wildman–Crippen MR) is 95.8 cm³/mol. The molecule has 1 unspecified atom stereocenters. The van der Waals surface area contributed by atoms with Crippen LogP contribution in [-0.2, 0) is 11.3 Å². The Morgan fingerprint density at radius 1 is 1.37 bits per heavy atom. The molecule has 3 N–H and O–H groups in total. The Morgan fingerprint density at radius 2 is 2.19 bits per heavy atom. The van der Waals surface area contributed by atoms with Crippen LogP contribution in [0.1, 0.15) is 18.4 Å². The van der Waals surface area contributed by atoms with Crippen molar-refractivity contribution in [2.24, 2.45) is 10.4 Å². The molecule has 1 aliphatic rings. The quantitative estimate of drug-likeness (QED) is 0.469. The molecule has 0 radical (unpaired) electrons. The van der Waals surface area contributed by atoms with Crippen LogP contribution in [0.25, 0.3) is 0 Å². The second-order valence-electron chi connectivity index (χ2n) is 6.61. The highest BCUT2D eigenvalue weighted by Crippen LogP contribution is 2.31. The van der Waals surface area contributed by atoms with Crippen molar-refractivity contribution in [1.82, 2.24) is 10.6 Å². The van der Waals surface area contributed by atoms with Crippen LogP contribution in [0.3, 0.4) is 0 Å². The van der Waals surface area contributed by atoms with Crippen molar-refractivity contribution in [2.75, 3.05) is 40.0 Å². The molecule has 9 heteroatoms. The lowest BCUT2D eigenvalue weighted by Crippen LogP contribution is -2.44. The summed E-state index contributed by atoms with van der Waals surface area (Å²) < 4.78 is 47.0. The number of aliphatic hydroxyl groups is 1. The summed E-state index contributed by atoms with van der Waals surface area (Å²) in [6.45, 7) is 1.05. The summed E-state index contributed by atoms with van der Waals surface area (Å²) in [5.41, 5.74) is 0.657. The number of hydrogen-bond acceptors (Lipinski definition) is 4. The van der Waals surface area contributed by atoms with Crippen molar-refractivity contribution < 1.29 is 27.8 Å². The zero-order valence-electron chi connectivity index (χ0n) is 15.3. The van der Waals surface area contributed by atoms with E-state index in [2.05, 4.69) is 15.6 Å².